The van der Waals surface area contributed by atoms with Gasteiger partial charge in [0.05, 0.1) is 5.57 Å². The Bertz CT molecular complexity index is 1120. The van der Waals surface area contributed by atoms with Crippen molar-refractivity contribution in [3.8, 4) is 0 Å². The van der Waals surface area contributed by atoms with Gasteiger partial charge >= 0.3 is 6.11 Å². The summed E-state index contributed by atoms with van der Waals surface area (Å²) in [5, 5.41) is 20.3. The van der Waals surface area contributed by atoms with E-state index < -0.39 is 22.4 Å². The molecule has 0 fully saturated rings. The van der Waals surface area contributed by atoms with Crippen LogP contribution in [0.4, 0.5) is 8.78 Å². The number of rotatable bonds is 4. The topological polar surface area (TPSA) is 49.7 Å². The molecule has 2 N–H and O–H groups in total. The highest BCUT2D eigenvalue weighted by Gasteiger charge is 2.41. The van der Waals surface area contributed by atoms with E-state index in [2.05, 4.69) is 19.2 Å². The summed E-state index contributed by atoms with van der Waals surface area (Å²) in [7, 11) is 0. The minimum atomic E-state index is -3.64. The molecule has 0 saturated heterocycles. The number of hydrogen-bond acceptors (Lipinski definition) is 4. The number of aliphatic hydroxyl groups excluding tert-OH is 2. The van der Waals surface area contributed by atoms with E-state index in [4.69, 9.17) is 4.74 Å². The Morgan fingerprint density at radius 1 is 0.909 bits per heavy atom. The first-order valence-electron chi connectivity index (χ1n) is 10.6. The fourth-order valence-electron chi connectivity index (χ4n) is 4.07. The van der Waals surface area contributed by atoms with Gasteiger partial charge in [-0.2, -0.15) is 8.78 Å². The first-order chi connectivity index (χ1) is 15.0. The van der Waals surface area contributed by atoms with E-state index in [1.54, 1.807) is 38.2 Å². The van der Waals surface area contributed by atoms with Gasteiger partial charge in [-0.1, -0.05) is 52.5 Å². The lowest BCUT2D eigenvalue weighted by Crippen LogP contribution is -2.25. The Morgan fingerprint density at radius 3 is 2.21 bits per heavy atom. The largest absolute Gasteiger partial charge is 0.508 e. The summed E-state index contributed by atoms with van der Waals surface area (Å²) in [6.45, 7) is 13.0. The van der Waals surface area contributed by atoms with E-state index in [0.29, 0.717) is 10.5 Å². The maximum Gasteiger partial charge on any atom is 0.426 e. The molecule has 0 radical (unpaired) electrons. The van der Waals surface area contributed by atoms with E-state index >= 15 is 8.78 Å². The van der Waals surface area contributed by atoms with Crippen molar-refractivity contribution in [3.63, 3.8) is 0 Å². The van der Waals surface area contributed by atoms with Crippen molar-refractivity contribution < 1.29 is 23.7 Å². The summed E-state index contributed by atoms with van der Waals surface area (Å²) < 4.78 is 35.9. The molecule has 1 atom stereocenters. The van der Waals surface area contributed by atoms with E-state index in [9.17, 15) is 10.2 Å². The molecule has 0 aliphatic heterocycles. The third-order valence-electron chi connectivity index (χ3n) is 5.82. The second kappa shape index (κ2) is 8.24. The van der Waals surface area contributed by atoms with Crippen LogP contribution in [0, 0.1) is 16.2 Å². The summed E-state index contributed by atoms with van der Waals surface area (Å²) in [5.41, 5.74) is -1.21. The maximum absolute atomic E-state index is 15.4. The average Bonchev–Trinajstić information content (AvgIpc) is 2.92. The van der Waals surface area contributed by atoms with Crippen molar-refractivity contribution in [1.29, 1.82) is 0 Å². The van der Waals surface area contributed by atoms with Crippen LogP contribution in [0.25, 0.3) is 0 Å². The number of halogens is 2. The molecule has 3 aliphatic rings. The van der Waals surface area contributed by atoms with Crippen LogP contribution in [0.5, 0.6) is 0 Å². The quantitative estimate of drug-likeness (QED) is 0.366. The lowest BCUT2D eigenvalue weighted by Gasteiger charge is -2.30. The molecule has 176 valence electrons. The van der Waals surface area contributed by atoms with Crippen LogP contribution in [-0.2, 0) is 4.74 Å². The summed E-state index contributed by atoms with van der Waals surface area (Å²) in [4.78, 5) is 0.518. The molecule has 0 aromatic heterocycles. The molecule has 0 bridgehead atoms. The van der Waals surface area contributed by atoms with E-state index in [1.807, 2.05) is 26.8 Å². The van der Waals surface area contributed by atoms with Crippen molar-refractivity contribution in [2.45, 2.75) is 40.7 Å². The third-order valence-corrected chi connectivity index (χ3v) is 6.30. The van der Waals surface area contributed by atoms with E-state index in [0.717, 1.165) is 5.57 Å². The second-order valence-electron chi connectivity index (χ2n) is 10.0. The van der Waals surface area contributed by atoms with Crippen molar-refractivity contribution in [3.05, 3.63) is 106 Å². The fraction of sp³-hybridized carbons (Fsp3) is 0.333. The minimum Gasteiger partial charge on any atom is -0.508 e. The Labute approximate surface area is 199 Å². The zero-order valence-corrected chi connectivity index (χ0v) is 20.4. The third kappa shape index (κ3) is 5.44. The first kappa shape index (κ1) is 24.9. The van der Waals surface area contributed by atoms with Crippen molar-refractivity contribution in [2.75, 3.05) is 0 Å². The Hall–Kier alpha value is -2.73. The van der Waals surface area contributed by atoms with Crippen molar-refractivity contribution in [2.24, 2.45) is 16.2 Å². The molecule has 0 heterocycles. The van der Waals surface area contributed by atoms with Gasteiger partial charge < -0.3 is 14.9 Å². The predicted octanol–water partition coefficient (Wildman–Crippen LogP) is 7.80. The SMILES string of the molecule is C=C(S)C1(C)C=C(O)C=C2C=CC(C(F)(F)OC3=CC(C)(C)C=C(O)C=C3)=CC(C)(C)C2=C1. The highest BCUT2D eigenvalue weighted by atomic mass is 32.1. The molecule has 0 saturated carbocycles. The molecule has 0 aromatic rings. The molecule has 3 nitrogen and oxygen atoms in total. The highest BCUT2D eigenvalue weighted by molar-refractivity contribution is 7.84. The first-order valence-corrected chi connectivity index (χ1v) is 11.0. The lowest BCUT2D eigenvalue weighted by molar-refractivity contribution is -0.177. The molecule has 0 amide bonds. The Morgan fingerprint density at radius 2 is 1.58 bits per heavy atom. The van der Waals surface area contributed by atoms with E-state index in [1.165, 1.54) is 30.4 Å². The van der Waals surface area contributed by atoms with Crippen LogP contribution < -0.4 is 0 Å². The standard InChI is InChI=1S/C27H30F2O3S/c1-17(33)26(6)14-21(31)11-18-7-8-19(12-25(4,5)23(18)16-26)27(28,29)32-22-10-9-20(30)13-24(2,3)15-22/h7-16,30-31,33H,1H2,2-6H3. The van der Waals surface area contributed by atoms with Crippen molar-refractivity contribution >= 4 is 12.6 Å². The molecule has 6 heteroatoms. The summed E-state index contributed by atoms with van der Waals surface area (Å²) in [6.07, 6.45) is 11.5. The van der Waals surface area contributed by atoms with E-state index in [-0.39, 0.29) is 22.9 Å². The molecule has 0 spiro atoms. The van der Waals surface area contributed by atoms with Crippen LogP contribution in [0.2, 0.25) is 0 Å². The average molecular weight is 473 g/mol. The fourth-order valence-corrected chi connectivity index (χ4v) is 4.20. The highest BCUT2D eigenvalue weighted by Crippen LogP contribution is 2.47. The summed E-state index contributed by atoms with van der Waals surface area (Å²) in [5.74, 6) is -0.0634. The monoisotopic (exact) mass is 472 g/mol. The lowest BCUT2D eigenvalue weighted by atomic mass is 9.76. The molecular formula is C27H30F2O3S. The van der Waals surface area contributed by atoms with Gasteiger partial charge in [-0.15, -0.1) is 12.6 Å². The van der Waals surface area contributed by atoms with Gasteiger partial charge in [-0.25, -0.2) is 0 Å². The van der Waals surface area contributed by atoms with Crippen LogP contribution >= 0.6 is 12.6 Å². The molecule has 1 unspecified atom stereocenters. The number of allylic oxidation sites excluding steroid dienone is 12. The van der Waals surface area contributed by atoms with Gasteiger partial charge in [0.2, 0.25) is 0 Å². The molecule has 0 aromatic carbocycles. The van der Waals surface area contributed by atoms with Gasteiger partial charge in [0.15, 0.2) is 0 Å². The molecule has 3 aliphatic carbocycles. The predicted molar refractivity (Wildman–Crippen MR) is 132 cm³/mol. The number of fused-ring (bicyclic) bond motifs is 1. The van der Waals surface area contributed by atoms with Gasteiger partial charge in [0.25, 0.3) is 0 Å². The van der Waals surface area contributed by atoms with Gasteiger partial charge in [-0.05, 0) is 65.5 Å². The van der Waals surface area contributed by atoms with Gasteiger partial charge in [0, 0.05) is 16.2 Å². The second-order valence-corrected chi connectivity index (χ2v) is 10.5. The maximum atomic E-state index is 15.4. The molecule has 33 heavy (non-hydrogen) atoms. The number of hydrogen-bond donors (Lipinski definition) is 3. The van der Waals surface area contributed by atoms with Gasteiger partial charge in [0.1, 0.15) is 17.3 Å². The van der Waals surface area contributed by atoms with Gasteiger partial charge in [-0.3, -0.25) is 0 Å². The Kier molecular flexibility index (Phi) is 6.22. The summed E-state index contributed by atoms with van der Waals surface area (Å²) in [6, 6.07) is 0. The van der Waals surface area contributed by atoms with Crippen LogP contribution in [0.1, 0.15) is 34.6 Å². The molecule has 3 rings (SSSR count). The smallest absolute Gasteiger partial charge is 0.426 e. The van der Waals surface area contributed by atoms with Crippen LogP contribution in [-0.4, -0.2) is 16.3 Å². The van der Waals surface area contributed by atoms with Crippen LogP contribution in [0.15, 0.2) is 106 Å². The summed E-state index contributed by atoms with van der Waals surface area (Å²) >= 11 is 4.40. The molecular weight excluding hydrogens is 442 g/mol. The zero-order chi connectivity index (χ0) is 24.8. The number of ether oxygens (including phenoxy) is 1. The number of thiol groups is 1. The Balaban J connectivity index is 2.05. The van der Waals surface area contributed by atoms with Crippen LogP contribution in [0.3, 0.4) is 0 Å². The number of alkyl halides is 2. The minimum absolute atomic E-state index is 0.00384. The zero-order valence-electron chi connectivity index (χ0n) is 19.5. The number of aliphatic hydroxyl groups is 2. The normalized spacial score (nSPS) is 26.2. The van der Waals surface area contributed by atoms with Crippen molar-refractivity contribution in [1.82, 2.24) is 0 Å².